The van der Waals surface area contributed by atoms with E-state index < -0.39 is 12.1 Å². The van der Waals surface area contributed by atoms with Gasteiger partial charge in [-0.2, -0.15) is 0 Å². The highest BCUT2D eigenvalue weighted by atomic mass is 16.5. The summed E-state index contributed by atoms with van der Waals surface area (Å²) in [5.74, 6) is 0.0293. The van der Waals surface area contributed by atoms with Gasteiger partial charge in [0.25, 0.3) is 0 Å². The lowest BCUT2D eigenvalue weighted by Gasteiger charge is -2.22. The number of carbonyl (C=O) groups excluding carboxylic acids is 2. The number of ether oxygens (including phenoxy) is 1. The molecule has 0 aromatic rings. The minimum Gasteiger partial charge on any atom is -0.450 e. The van der Waals surface area contributed by atoms with Gasteiger partial charge in [0.2, 0.25) is 0 Å². The Morgan fingerprint density at radius 1 is 1.20 bits per heavy atom. The zero-order valence-electron chi connectivity index (χ0n) is 10.2. The maximum atomic E-state index is 11.8. The highest BCUT2D eigenvalue weighted by Gasteiger charge is 2.26. The third-order valence-corrected chi connectivity index (χ3v) is 2.09. The second kappa shape index (κ2) is 6.43. The normalized spacial score (nSPS) is 12.7. The van der Waals surface area contributed by atoms with E-state index in [1.807, 2.05) is 27.7 Å². The van der Waals surface area contributed by atoms with Gasteiger partial charge in [-0.3, -0.25) is 4.79 Å². The van der Waals surface area contributed by atoms with Crippen molar-refractivity contribution in [3.05, 3.63) is 0 Å². The molecule has 1 amide bonds. The molecule has 0 aromatic carbocycles. The van der Waals surface area contributed by atoms with Gasteiger partial charge in [0.15, 0.2) is 5.78 Å². The Labute approximate surface area is 91.4 Å². The van der Waals surface area contributed by atoms with Gasteiger partial charge in [0, 0.05) is 5.92 Å². The second-order valence-electron chi connectivity index (χ2n) is 4.14. The number of nitrogens with one attached hydrogen (secondary N) is 1. The number of alkyl carbamates (subject to hydrolysis) is 1. The smallest absolute Gasteiger partial charge is 0.407 e. The fraction of sp³-hybridized carbons (Fsp3) is 0.818. The summed E-state index contributed by atoms with van der Waals surface area (Å²) < 4.78 is 4.75. The van der Waals surface area contributed by atoms with Crippen LogP contribution in [0.25, 0.3) is 0 Å². The molecule has 0 saturated heterocycles. The summed E-state index contributed by atoms with van der Waals surface area (Å²) in [5, 5.41) is 2.59. The van der Waals surface area contributed by atoms with E-state index in [9.17, 15) is 9.59 Å². The molecule has 88 valence electrons. The van der Waals surface area contributed by atoms with Crippen LogP contribution in [0.4, 0.5) is 4.79 Å². The number of amides is 1. The van der Waals surface area contributed by atoms with E-state index in [2.05, 4.69) is 5.32 Å². The fourth-order valence-corrected chi connectivity index (χ4v) is 1.23. The van der Waals surface area contributed by atoms with Crippen molar-refractivity contribution in [2.24, 2.45) is 11.8 Å². The Balaban J connectivity index is 4.41. The molecule has 0 aliphatic rings. The molecule has 0 aliphatic heterocycles. The summed E-state index contributed by atoms with van der Waals surface area (Å²) in [6.45, 7) is 9.49. The quantitative estimate of drug-likeness (QED) is 0.763. The van der Waals surface area contributed by atoms with Crippen LogP contribution in [0, 0.1) is 11.8 Å². The van der Waals surface area contributed by atoms with Crippen LogP contribution in [0.15, 0.2) is 0 Å². The molecule has 15 heavy (non-hydrogen) atoms. The van der Waals surface area contributed by atoms with Crippen molar-refractivity contribution in [1.29, 1.82) is 0 Å². The molecule has 0 spiro atoms. The SMILES string of the molecule is CCOC(=O)NC(C(=O)C(C)C)C(C)C. The van der Waals surface area contributed by atoms with E-state index in [1.165, 1.54) is 0 Å². The van der Waals surface area contributed by atoms with Crippen LogP contribution in [0.2, 0.25) is 0 Å². The molecule has 4 nitrogen and oxygen atoms in total. The molecule has 0 fully saturated rings. The monoisotopic (exact) mass is 215 g/mol. The minimum atomic E-state index is -0.523. The molecule has 0 radical (unpaired) electrons. The van der Waals surface area contributed by atoms with Crippen LogP contribution in [0.3, 0.4) is 0 Å². The van der Waals surface area contributed by atoms with E-state index in [0.717, 1.165) is 0 Å². The first-order valence-electron chi connectivity index (χ1n) is 5.37. The van der Waals surface area contributed by atoms with Crippen molar-refractivity contribution < 1.29 is 14.3 Å². The summed E-state index contributed by atoms with van der Waals surface area (Å²) in [6.07, 6.45) is -0.523. The first kappa shape index (κ1) is 13.9. The zero-order valence-corrected chi connectivity index (χ0v) is 10.2. The molecule has 0 aliphatic carbocycles. The molecule has 1 atom stereocenters. The Morgan fingerprint density at radius 2 is 1.73 bits per heavy atom. The topological polar surface area (TPSA) is 55.4 Å². The zero-order chi connectivity index (χ0) is 12.0. The Kier molecular flexibility index (Phi) is 5.97. The Bertz CT molecular complexity index is 224. The molecule has 1 unspecified atom stereocenters. The van der Waals surface area contributed by atoms with E-state index in [0.29, 0.717) is 6.61 Å². The van der Waals surface area contributed by atoms with Crippen LogP contribution in [-0.2, 0) is 9.53 Å². The summed E-state index contributed by atoms with van der Waals surface area (Å²) in [4.78, 5) is 23.0. The standard InChI is InChI=1S/C11H21NO3/c1-6-15-11(14)12-9(7(2)3)10(13)8(4)5/h7-9H,6H2,1-5H3,(H,12,14). The second-order valence-corrected chi connectivity index (χ2v) is 4.14. The van der Waals surface area contributed by atoms with Gasteiger partial charge in [-0.15, -0.1) is 0 Å². The lowest BCUT2D eigenvalue weighted by molar-refractivity contribution is -0.124. The number of ketones is 1. The molecule has 4 heteroatoms. The lowest BCUT2D eigenvalue weighted by atomic mass is 9.93. The first-order valence-corrected chi connectivity index (χ1v) is 5.37. The molecule has 0 saturated carbocycles. The fourth-order valence-electron chi connectivity index (χ4n) is 1.23. The number of hydrogen-bond acceptors (Lipinski definition) is 3. The van der Waals surface area contributed by atoms with Gasteiger partial charge < -0.3 is 10.1 Å². The highest BCUT2D eigenvalue weighted by Crippen LogP contribution is 2.09. The minimum absolute atomic E-state index is 0.0399. The van der Waals surface area contributed by atoms with Crippen LogP contribution < -0.4 is 5.32 Å². The highest BCUT2D eigenvalue weighted by molar-refractivity contribution is 5.88. The summed E-state index contributed by atoms with van der Waals surface area (Å²) in [6, 6.07) is -0.455. The van der Waals surface area contributed by atoms with Gasteiger partial charge in [0.1, 0.15) is 0 Å². The number of carbonyl (C=O) groups is 2. The number of Topliss-reactive ketones (excluding diaryl/α,β-unsaturated/α-hetero) is 1. The molecule has 1 N–H and O–H groups in total. The van der Waals surface area contributed by atoms with Crippen molar-refractivity contribution in [3.63, 3.8) is 0 Å². The van der Waals surface area contributed by atoms with E-state index >= 15 is 0 Å². The van der Waals surface area contributed by atoms with Gasteiger partial charge >= 0.3 is 6.09 Å². The number of hydrogen-bond donors (Lipinski definition) is 1. The van der Waals surface area contributed by atoms with Crippen LogP contribution in [-0.4, -0.2) is 24.5 Å². The predicted octanol–water partition coefficient (Wildman–Crippen LogP) is 1.98. The lowest BCUT2D eigenvalue weighted by Crippen LogP contribution is -2.46. The average Bonchev–Trinajstić information content (AvgIpc) is 2.13. The van der Waals surface area contributed by atoms with E-state index in [1.54, 1.807) is 6.92 Å². The maximum absolute atomic E-state index is 11.8. The van der Waals surface area contributed by atoms with E-state index in [-0.39, 0.29) is 17.6 Å². The molecular weight excluding hydrogens is 194 g/mol. The maximum Gasteiger partial charge on any atom is 0.407 e. The van der Waals surface area contributed by atoms with E-state index in [4.69, 9.17) is 4.74 Å². The molecule has 0 bridgehead atoms. The summed E-state index contributed by atoms with van der Waals surface area (Å²) in [7, 11) is 0. The summed E-state index contributed by atoms with van der Waals surface area (Å²) in [5.41, 5.74) is 0. The molecule has 0 rings (SSSR count). The van der Waals surface area contributed by atoms with Crippen molar-refractivity contribution in [2.75, 3.05) is 6.61 Å². The summed E-state index contributed by atoms with van der Waals surface area (Å²) >= 11 is 0. The number of rotatable bonds is 5. The van der Waals surface area contributed by atoms with Gasteiger partial charge in [-0.1, -0.05) is 27.7 Å². The molecular formula is C11H21NO3. The predicted molar refractivity (Wildman–Crippen MR) is 58.6 cm³/mol. The third kappa shape index (κ3) is 4.81. The Morgan fingerprint density at radius 3 is 2.07 bits per heavy atom. The molecule has 0 heterocycles. The van der Waals surface area contributed by atoms with Crippen LogP contribution in [0.5, 0.6) is 0 Å². The van der Waals surface area contributed by atoms with Gasteiger partial charge in [-0.05, 0) is 12.8 Å². The first-order chi connectivity index (χ1) is 6.90. The molecule has 0 aromatic heterocycles. The van der Waals surface area contributed by atoms with Crippen molar-refractivity contribution in [2.45, 2.75) is 40.7 Å². The third-order valence-electron chi connectivity index (χ3n) is 2.09. The van der Waals surface area contributed by atoms with Crippen LogP contribution in [0.1, 0.15) is 34.6 Å². The van der Waals surface area contributed by atoms with Crippen molar-refractivity contribution >= 4 is 11.9 Å². The largest absolute Gasteiger partial charge is 0.450 e. The van der Waals surface area contributed by atoms with Crippen molar-refractivity contribution in [3.8, 4) is 0 Å². The van der Waals surface area contributed by atoms with Crippen molar-refractivity contribution in [1.82, 2.24) is 5.32 Å². The van der Waals surface area contributed by atoms with Gasteiger partial charge in [-0.25, -0.2) is 4.79 Å². The average molecular weight is 215 g/mol. The van der Waals surface area contributed by atoms with Gasteiger partial charge in [0.05, 0.1) is 12.6 Å². The Hall–Kier alpha value is -1.06. The van der Waals surface area contributed by atoms with Crippen LogP contribution >= 0.6 is 0 Å².